The molecular formula is C11H16ClN3O6S. The van der Waals surface area contributed by atoms with Crippen LogP contribution in [-0.2, 0) is 19.6 Å². The van der Waals surface area contributed by atoms with E-state index < -0.39 is 37.5 Å². The van der Waals surface area contributed by atoms with Crippen molar-refractivity contribution in [3.8, 4) is 0 Å². The topological polar surface area (TPSA) is 133 Å². The molecule has 0 radical (unpaired) electrons. The number of carbonyl (C=O) groups excluding carboxylic acids is 1. The maximum Gasteiger partial charge on any atom is 0.325 e. The predicted molar refractivity (Wildman–Crippen MR) is 80.2 cm³/mol. The van der Waals surface area contributed by atoms with Gasteiger partial charge in [-0.1, -0.05) is 12.1 Å². The molecule has 0 saturated carbocycles. The Kier molecular flexibility index (Phi) is 7.39. The van der Waals surface area contributed by atoms with Crippen LogP contribution >= 0.6 is 12.4 Å². The van der Waals surface area contributed by atoms with Gasteiger partial charge in [0.25, 0.3) is 5.69 Å². The third-order valence-electron chi connectivity index (χ3n) is 2.85. The van der Waals surface area contributed by atoms with Gasteiger partial charge >= 0.3 is 5.97 Å². The number of ether oxygens (including phenoxy) is 1. The van der Waals surface area contributed by atoms with Crippen molar-refractivity contribution >= 4 is 34.1 Å². The van der Waals surface area contributed by atoms with Crippen LogP contribution in [0.25, 0.3) is 0 Å². The zero-order valence-corrected chi connectivity index (χ0v) is 13.5. The smallest absolute Gasteiger partial charge is 0.325 e. The van der Waals surface area contributed by atoms with E-state index in [2.05, 4.69) is 4.74 Å². The van der Waals surface area contributed by atoms with Crippen LogP contribution in [-0.4, -0.2) is 50.4 Å². The Morgan fingerprint density at radius 3 is 2.45 bits per heavy atom. The highest BCUT2D eigenvalue weighted by Gasteiger charge is 2.36. The number of hydrogen-bond donors (Lipinski definition) is 1. The van der Waals surface area contributed by atoms with Crippen molar-refractivity contribution in [2.75, 3.05) is 20.7 Å². The van der Waals surface area contributed by atoms with Gasteiger partial charge in [0, 0.05) is 19.7 Å². The van der Waals surface area contributed by atoms with Gasteiger partial charge in [-0.2, -0.15) is 4.31 Å². The Labute approximate surface area is 133 Å². The van der Waals surface area contributed by atoms with Crippen LogP contribution in [0.4, 0.5) is 5.69 Å². The highest BCUT2D eigenvalue weighted by Crippen LogP contribution is 2.26. The average molecular weight is 354 g/mol. The zero-order valence-electron chi connectivity index (χ0n) is 11.8. The van der Waals surface area contributed by atoms with Gasteiger partial charge in [-0.25, -0.2) is 8.42 Å². The number of nitro groups is 1. The van der Waals surface area contributed by atoms with Gasteiger partial charge in [0.05, 0.1) is 12.0 Å². The number of rotatable bonds is 6. The van der Waals surface area contributed by atoms with Gasteiger partial charge < -0.3 is 10.5 Å². The number of carbonyl (C=O) groups is 1. The molecule has 0 saturated heterocycles. The zero-order chi connectivity index (χ0) is 16.2. The normalized spacial score (nSPS) is 12.4. The quantitative estimate of drug-likeness (QED) is 0.436. The van der Waals surface area contributed by atoms with E-state index in [4.69, 9.17) is 5.73 Å². The van der Waals surface area contributed by atoms with Crippen LogP contribution < -0.4 is 5.73 Å². The number of hydrogen-bond acceptors (Lipinski definition) is 7. The first-order valence-corrected chi connectivity index (χ1v) is 7.20. The lowest BCUT2D eigenvalue weighted by Gasteiger charge is -2.24. The van der Waals surface area contributed by atoms with E-state index in [9.17, 15) is 23.3 Å². The first-order chi connectivity index (χ1) is 9.77. The molecule has 1 aromatic rings. The average Bonchev–Trinajstić information content (AvgIpc) is 2.47. The lowest BCUT2D eigenvalue weighted by molar-refractivity contribution is -0.387. The molecule has 0 amide bonds. The third kappa shape index (κ3) is 3.91. The summed E-state index contributed by atoms with van der Waals surface area (Å²) in [5, 5.41) is 10.9. The summed E-state index contributed by atoms with van der Waals surface area (Å²) in [5.41, 5.74) is 4.80. The van der Waals surface area contributed by atoms with Gasteiger partial charge in [-0.3, -0.25) is 14.9 Å². The second kappa shape index (κ2) is 8.03. The van der Waals surface area contributed by atoms with Gasteiger partial charge in [-0.05, 0) is 6.07 Å². The molecule has 0 unspecified atom stereocenters. The maximum absolute atomic E-state index is 12.4. The Hall–Kier alpha value is -1.75. The molecule has 0 heterocycles. The number of likely N-dealkylation sites (N-methyl/N-ethyl adjacent to an activating group) is 1. The summed E-state index contributed by atoms with van der Waals surface area (Å²) in [7, 11) is -2.06. The van der Waals surface area contributed by atoms with E-state index >= 15 is 0 Å². The molecule has 11 heteroatoms. The molecule has 1 aromatic carbocycles. The lowest BCUT2D eigenvalue weighted by Crippen LogP contribution is -2.47. The molecule has 0 aromatic heterocycles. The number of para-hydroxylation sites is 1. The fraction of sp³-hybridized carbons (Fsp3) is 0.364. The Bertz CT molecular complexity index is 651. The van der Waals surface area contributed by atoms with Gasteiger partial charge in [-0.15, -0.1) is 12.4 Å². The molecule has 2 N–H and O–H groups in total. The molecule has 0 aliphatic heterocycles. The summed E-state index contributed by atoms with van der Waals surface area (Å²) in [6, 6.07) is 3.59. The lowest BCUT2D eigenvalue weighted by atomic mass is 10.3. The summed E-state index contributed by atoms with van der Waals surface area (Å²) >= 11 is 0. The van der Waals surface area contributed by atoms with Crippen molar-refractivity contribution in [1.29, 1.82) is 0 Å². The number of methoxy groups -OCH3 is 1. The second-order valence-electron chi connectivity index (χ2n) is 4.02. The van der Waals surface area contributed by atoms with Crippen molar-refractivity contribution in [2.45, 2.75) is 10.9 Å². The van der Waals surface area contributed by atoms with Crippen LogP contribution in [0.2, 0.25) is 0 Å². The predicted octanol–water partition coefficient (Wildman–Crippen LogP) is 0.137. The molecule has 0 fully saturated rings. The Morgan fingerprint density at radius 2 is 2.00 bits per heavy atom. The second-order valence-corrected chi connectivity index (χ2v) is 5.99. The number of nitro benzene ring substituents is 1. The van der Waals surface area contributed by atoms with Crippen molar-refractivity contribution in [3.05, 3.63) is 34.4 Å². The van der Waals surface area contributed by atoms with Crippen LogP contribution in [0, 0.1) is 10.1 Å². The molecule has 124 valence electrons. The molecular weight excluding hydrogens is 338 g/mol. The summed E-state index contributed by atoms with van der Waals surface area (Å²) in [5.74, 6) is -0.845. The van der Waals surface area contributed by atoms with Crippen LogP contribution in [0.5, 0.6) is 0 Å². The first kappa shape index (κ1) is 20.2. The Morgan fingerprint density at radius 1 is 1.45 bits per heavy atom. The van der Waals surface area contributed by atoms with E-state index in [1.807, 2.05) is 0 Å². The largest absolute Gasteiger partial charge is 0.468 e. The van der Waals surface area contributed by atoms with Gasteiger partial charge in [0.2, 0.25) is 10.0 Å². The van der Waals surface area contributed by atoms with Gasteiger partial charge in [0.1, 0.15) is 6.04 Å². The molecule has 1 rings (SSSR count). The monoisotopic (exact) mass is 353 g/mol. The molecule has 0 bridgehead atoms. The molecule has 9 nitrogen and oxygen atoms in total. The van der Waals surface area contributed by atoms with Crippen molar-refractivity contribution in [1.82, 2.24) is 4.31 Å². The summed E-state index contributed by atoms with van der Waals surface area (Å²) in [6.45, 7) is -0.316. The number of esters is 1. The summed E-state index contributed by atoms with van der Waals surface area (Å²) < 4.78 is 30.0. The number of halogens is 1. The highest BCUT2D eigenvalue weighted by molar-refractivity contribution is 7.89. The SMILES string of the molecule is COC(=O)[C@@H](CN)N(C)S(=O)(=O)c1ccccc1[N+](=O)[O-].Cl. The fourth-order valence-corrected chi connectivity index (χ4v) is 3.15. The number of nitrogens with two attached hydrogens (primary N) is 1. The summed E-state index contributed by atoms with van der Waals surface area (Å²) in [6.07, 6.45) is 0. The highest BCUT2D eigenvalue weighted by atomic mass is 35.5. The van der Waals surface area contributed by atoms with Crippen LogP contribution in [0.15, 0.2) is 29.2 Å². The van der Waals surface area contributed by atoms with Crippen molar-refractivity contribution in [2.24, 2.45) is 5.73 Å². The van der Waals surface area contributed by atoms with Crippen LogP contribution in [0.3, 0.4) is 0 Å². The fourth-order valence-electron chi connectivity index (χ4n) is 1.68. The van der Waals surface area contributed by atoms with E-state index in [1.54, 1.807) is 0 Å². The van der Waals surface area contributed by atoms with Crippen molar-refractivity contribution < 1.29 is 22.9 Å². The van der Waals surface area contributed by atoms with Crippen LogP contribution in [0.1, 0.15) is 0 Å². The Balaban J connectivity index is 0.00000441. The third-order valence-corrected chi connectivity index (χ3v) is 4.77. The standard InChI is InChI=1S/C11H15N3O6S.ClH/c1-13(9(7-12)11(15)20-2)21(18,19)10-6-4-3-5-8(10)14(16)17;/h3-6,9H,7,12H2,1-2H3;1H/t9-;/m1./s1. The first-order valence-electron chi connectivity index (χ1n) is 5.76. The molecule has 1 atom stereocenters. The minimum absolute atomic E-state index is 0. The number of nitrogens with zero attached hydrogens (tertiary/aromatic N) is 2. The van der Waals surface area contributed by atoms with E-state index in [0.717, 1.165) is 26.3 Å². The molecule has 0 aliphatic carbocycles. The minimum atomic E-state index is -4.27. The van der Waals surface area contributed by atoms with E-state index in [1.165, 1.54) is 12.1 Å². The number of sulfonamides is 1. The maximum atomic E-state index is 12.4. The van der Waals surface area contributed by atoms with Crippen molar-refractivity contribution in [3.63, 3.8) is 0 Å². The molecule has 22 heavy (non-hydrogen) atoms. The molecule has 0 aliphatic rings. The van der Waals surface area contributed by atoms with E-state index in [-0.39, 0.29) is 19.0 Å². The number of benzene rings is 1. The minimum Gasteiger partial charge on any atom is -0.468 e. The van der Waals surface area contributed by atoms with Gasteiger partial charge in [0.15, 0.2) is 4.90 Å². The summed E-state index contributed by atoms with van der Waals surface area (Å²) in [4.78, 5) is 21.1. The van der Waals surface area contributed by atoms with E-state index in [0.29, 0.717) is 4.31 Å². The molecule has 0 spiro atoms.